The highest BCUT2D eigenvalue weighted by atomic mass is 35.5. The topological polar surface area (TPSA) is 86.2 Å². The number of pyridine rings is 1. The van der Waals surface area contributed by atoms with Gasteiger partial charge in [0.15, 0.2) is 0 Å². The van der Waals surface area contributed by atoms with Gasteiger partial charge in [-0.05, 0) is 13.0 Å². The SMILES string of the molecule is CCOc1ncc(C(=O)NCc2cncnc2OC)cc1Cl. The normalized spacial score (nSPS) is 10.1. The molecule has 0 fully saturated rings. The van der Waals surface area contributed by atoms with Crippen molar-refractivity contribution in [2.75, 3.05) is 13.7 Å². The molecule has 22 heavy (non-hydrogen) atoms. The highest BCUT2D eigenvalue weighted by Crippen LogP contribution is 2.22. The fourth-order valence-corrected chi connectivity index (χ4v) is 1.94. The summed E-state index contributed by atoms with van der Waals surface area (Å²) in [7, 11) is 1.50. The number of hydrogen-bond acceptors (Lipinski definition) is 6. The third-order valence-corrected chi connectivity index (χ3v) is 3.00. The first-order valence-corrected chi connectivity index (χ1v) is 6.93. The van der Waals surface area contributed by atoms with E-state index < -0.39 is 0 Å². The van der Waals surface area contributed by atoms with Crippen LogP contribution < -0.4 is 14.8 Å². The first-order chi connectivity index (χ1) is 10.7. The lowest BCUT2D eigenvalue weighted by Crippen LogP contribution is -2.23. The molecule has 116 valence electrons. The summed E-state index contributed by atoms with van der Waals surface area (Å²) >= 11 is 6.01. The number of amides is 1. The van der Waals surface area contributed by atoms with Crippen LogP contribution >= 0.6 is 11.6 Å². The Bertz CT molecular complexity index is 666. The summed E-state index contributed by atoms with van der Waals surface area (Å²) in [5.41, 5.74) is 1.01. The van der Waals surface area contributed by atoms with Gasteiger partial charge in [0.1, 0.15) is 11.3 Å². The minimum absolute atomic E-state index is 0.230. The summed E-state index contributed by atoms with van der Waals surface area (Å²) in [6, 6.07) is 1.51. The zero-order valence-corrected chi connectivity index (χ0v) is 12.9. The van der Waals surface area contributed by atoms with Crippen LogP contribution in [-0.2, 0) is 6.54 Å². The second kappa shape index (κ2) is 7.56. The number of aromatic nitrogens is 3. The molecule has 2 aromatic heterocycles. The zero-order chi connectivity index (χ0) is 15.9. The van der Waals surface area contributed by atoms with Gasteiger partial charge in [0.25, 0.3) is 5.91 Å². The second-order valence-corrected chi connectivity index (χ2v) is 4.59. The van der Waals surface area contributed by atoms with Crippen LogP contribution in [0.5, 0.6) is 11.8 Å². The molecule has 2 rings (SSSR count). The van der Waals surface area contributed by atoms with Gasteiger partial charge >= 0.3 is 0 Å². The monoisotopic (exact) mass is 322 g/mol. The van der Waals surface area contributed by atoms with Crippen molar-refractivity contribution < 1.29 is 14.3 Å². The average molecular weight is 323 g/mol. The first-order valence-electron chi connectivity index (χ1n) is 6.55. The molecule has 0 aliphatic heterocycles. The molecule has 0 aliphatic carbocycles. The standard InChI is InChI=1S/C14H15ClN4O3/c1-3-22-14-11(15)4-9(6-18-14)12(20)17-7-10-5-16-8-19-13(10)21-2/h4-6,8H,3,7H2,1-2H3,(H,17,20). The summed E-state index contributed by atoms with van der Waals surface area (Å²) in [5.74, 6) is 0.403. The molecule has 0 atom stereocenters. The van der Waals surface area contributed by atoms with Crippen LogP contribution in [0.25, 0.3) is 0 Å². The van der Waals surface area contributed by atoms with Crippen molar-refractivity contribution in [1.82, 2.24) is 20.3 Å². The lowest BCUT2D eigenvalue weighted by molar-refractivity contribution is 0.0950. The molecule has 0 saturated carbocycles. The van der Waals surface area contributed by atoms with E-state index >= 15 is 0 Å². The van der Waals surface area contributed by atoms with E-state index in [0.717, 1.165) is 0 Å². The van der Waals surface area contributed by atoms with Crippen LogP contribution in [0.4, 0.5) is 0 Å². The Balaban J connectivity index is 2.05. The second-order valence-electron chi connectivity index (χ2n) is 4.18. The Labute approximate surface area is 132 Å². The fraction of sp³-hybridized carbons (Fsp3) is 0.286. The van der Waals surface area contributed by atoms with E-state index in [1.807, 2.05) is 6.92 Å². The molecule has 0 radical (unpaired) electrons. The molecule has 0 aliphatic rings. The van der Waals surface area contributed by atoms with Crippen LogP contribution in [0.15, 0.2) is 24.8 Å². The van der Waals surface area contributed by atoms with Crippen LogP contribution in [0.2, 0.25) is 5.02 Å². The number of nitrogens with zero attached hydrogens (tertiary/aromatic N) is 3. The third kappa shape index (κ3) is 3.82. The maximum Gasteiger partial charge on any atom is 0.253 e. The summed E-state index contributed by atoms with van der Waals surface area (Å²) in [4.78, 5) is 24.0. The Hall–Kier alpha value is -2.41. The molecular formula is C14H15ClN4O3. The maximum absolute atomic E-state index is 12.1. The van der Waals surface area contributed by atoms with Gasteiger partial charge in [0.05, 0.1) is 24.8 Å². The van der Waals surface area contributed by atoms with Crippen molar-refractivity contribution >= 4 is 17.5 Å². The molecule has 8 heteroatoms. The molecule has 2 aromatic rings. The van der Waals surface area contributed by atoms with Crippen LogP contribution in [0.3, 0.4) is 0 Å². The van der Waals surface area contributed by atoms with E-state index in [0.29, 0.717) is 29.5 Å². The molecule has 2 heterocycles. The van der Waals surface area contributed by atoms with Crippen molar-refractivity contribution in [2.24, 2.45) is 0 Å². The Morgan fingerprint density at radius 3 is 2.82 bits per heavy atom. The smallest absolute Gasteiger partial charge is 0.253 e. The van der Waals surface area contributed by atoms with E-state index in [1.54, 1.807) is 6.20 Å². The van der Waals surface area contributed by atoms with Gasteiger partial charge in [-0.15, -0.1) is 0 Å². The van der Waals surface area contributed by atoms with Gasteiger partial charge in [0, 0.05) is 18.9 Å². The van der Waals surface area contributed by atoms with E-state index in [-0.39, 0.29) is 17.5 Å². The molecule has 0 spiro atoms. The Morgan fingerprint density at radius 2 is 2.14 bits per heavy atom. The Kier molecular flexibility index (Phi) is 5.48. The van der Waals surface area contributed by atoms with Gasteiger partial charge < -0.3 is 14.8 Å². The predicted octanol–water partition coefficient (Wildman–Crippen LogP) is 1.86. The number of methoxy groups -OCH3 is 1. The molecule has 0 aromatic carbocycles. The predicted molar refractivity (Wildman–Crippen MR) is 80.2 cm³/mol. The van der Waals surface area contributed by atoms with Crippen molar-refractivity contribution in [3.05, 3.63) is 40.9 Å². The van der Waals surface area contributed by atoms with Crippen molar-refractivity contribution in [3.8, 4) is 11.8 Å². The molecule has 1 N–H and O–H groups in total. The van der Waals surface area contributed by atoms with Crippen LogP contribution in [0, 0.1) is 0 Å². The maximum atomic E-state index is 12.1. The van der Waals surface area contributed by atoms with Gasteiger partial charge in [0.2, 0.25) is 11.8 Å². The fourth-order valence-electron chi connectivity index (χ4n) is 1.72. The number of carbonyl (C=O) groups is 1. The minimum Gasteiger partial charge on any atom is -0.481 e. The number of hydrogen-bond donors (Lipinski definition) is 1. The van der Waals surface area contributed by atoms with Gasteiger partial charge in [-0.2, -0.15) is 0 Å². The number of carbonyl (C=O) groups excluding carboxylic acids is 1. The largest absolute Gasteiger partial charge is 0.481 e. The zero-order valence-electron chi connectivity index (χ0n) is 12.2. The van der Waals surface area contributed by atoms with E-state index in [9.17, 15) is 4.79 Å². The third-order valence-electron chi connectivity index (χ3n) is 2.73. The summed E-state index contributed by atoms with van der Waals surface area (Å²) < 4.78 is 10.3. The van der Waals surface area contributed by atoms with Gasteiger partial charge in [-0.25, -0.2) is 15.0 Å². The minimum atomic E-state index is -0.316. The molecule has 1 amide bonds. The molecule has 0 bridgehead atoms. The van der Waals surface area contributed by atoms with Crippen molar-refractivity contribution in [3.63, 3.8) is 0 Å². The van der Waals surface area contributed by atoms with Crippen molar-refractivity contribution in [1.29, 1.82) is 0 Å². The van der Waals surface area contributed by atoms with Gasteiger partial charge in [-0.3, -0.25) is 4.79 Å². The highest BCUT2D eigenvalue weighted by molar-refractivity contribution is 6.32. The number of ether oxygens (including phenoxy) is 2. The molecule has 7 nitrogen and oxygen atoms in total. The Morgan fingerprint density at radius 1 is 1.32 bits per heavy atom. The quantitative estimate of drug-likeness (QED) is 0.873. The van der Waals surface area contributed by atoms with Gasteiger partial charge in [-0.1, -0.05) is 11.6 Å². The van der Waals surface area contributed by atoms with E-state index in [4.69, 9.17) is 21.1 Å². The number of nitrogens with one attached hydrogen (secondary N) is 1. The molecule has 0 saturated heterocycles. The number of halogens is 1. The highest BCUT2D eigenvalue weighted by Gasteiger charge is 2.12. The van der Waals surface area contributed by atoms with Crippen molar-refractivity contribution in [2.45, 2.75) is 13.5 Å². The summed E-state index contributed by atoms with van der Waals surface area (Å²) in [6.45, 7) is 2.51. The van der Waals surface area contributed by atoms with Crippen LogP contribution in [0.1, 0.15) is 22.8 Å². The molecular weight excluding hydrogens is 308 g/mol. The first kappa shape index (κ1) is 16.0. The van der Waals surface area contributed by atoms with E-state index in [1.165, 1.54) is 25.7 Å². The lowest BCUT2D eigenvalue weighted by atomic mass is 10.2. The summed E-state index contributed by atoms with van der Waals surface area (Å²) in [5, 5.41) is 3.02. The average Bonchev–Trinajstić information content (AvgIpc) is 2.54. The van der Waals surface area contributed by atoms with E-state index in [2.05, 4.69) is 20.3 Å². The molecule has 0 unspecified atom stereocenters. The summed E-state index contributed by atoms with van der Waals surface area (Å²) in [6.07, 6.45) is 4.36. The number of rotatable bonds is 6. The van der Waals surface area contributed by atoms with Crippen LogP contribution in [-0.4, -0.2) is 34.6 Å². The lowest BCUT2D eigenvalue weighted by Gasteiger charge is -2.09.